The average molecular weight is 577 g/mol. The molecule has 0 fully saturated rings. The van der Waals surface area contributed by atoms with Crippen molar-refractivity contribution in [3.8, 4) is 23.0 Å². The van der Waals surface area contributed by atoms with Crippen LogP contribution in [0.15, 0.2) is 84.0 Å². The lowest BCUT2D eigenvalue weighted by Crippen LogP contribution is -2.44. The molecular formula is C35H36N4O4. The van der Waals surface area contributed by atoms with Crippen LogP contribution in [0.1, 0.15) is 60.3 Å². The zero-order valence-corrected chi connectivity index (χ0v) is 24.9. The van der Waals surface area contributed by atoms with Crippen molar-refractivity contribution in [3.63, 3.8) is 0 Å². The number of phenols is 2. The number of aromatic hydroxyl groups is 2. The Hall–Kier alpha value is -4.98. The number of nitrogens with zero attached hydrogens (tertiary/aromatic N) is 4. The summed E-state index contributed by atoms with van der Waals surface area (Å²) in [5.74, 6) is 0.470. The molecule has 1 spiro atoms. The van der Waals surface area contributed by atoms with Crippen molar-refractivity contribution >= 4 is 23.5 Å². The minimum atomic E-state index is -1.14. The number of hydrogen-bond donors (Lipinski definition) is 2. The molecule has 0 aliphatic carbocycles. The van der Waals surface area contributed by atoms with Crippen LogP contribution in [0.5, 0.6) is 23.0 Å². The molecule has 4 aromatic rings. The molecule has 0 unspecified atom stereocenters. The van der Waals surface area contributed by atoms with E-state index in [1.165, 1.54) is 17.3 Å². The number of fused-ring (bicyclic) bond motifs is 6. The molecule has 2 aliphatic rings. The van der Waals surface area contributed by atoms with E-state index in [-0.39, 0.29) is 17.4 Å². The molecule has 8 heteroatoms. The zero-order chi connectivity index (χ0) is 30.3. The Labute approximate surface area is 252 Å². The van der Waals surface area contributed by atoms with Gasteiger partial charge < -0.3 is 24.7 Å². The molecule has 0 aromatic heterocycles. The molecule has 0 saturated heterocycles. The van der Waals surface area contributed by atoms with E-state index in [9.17, 15) is 15.0 Å². The van der Waals surface area contributed by atoms with Crippen LogP contribution >= 0.6 is 0 Å². The summed E-state index contributed by atoms with van der Waals surface area (Å²) in [6.07, 6.45) is 1.42. The van der Waals surface area contributed by atoms with Crippen molar-refractivity contribution in [2.75, 3.05) is 36.0 Å². The summed E-state index contributed by atoms with van der Waals surface area (Å²) in [6, 6.07) is 24.6. The van der Waals surface area contributed by atoms with Crippen molar-refractivity contribution in [1.29, 1.82) is 0 Å². The summed E-state index contributed by atoms with van der Waals surface area (Å²) in [5.41, 5.74) is 4.14. The van der Waals surface area contributed by atoms with Gasteiger partial charge in [-0.3, -0.25) is 4.79 Å². The summed E-state index contributed by atoms with van der Waals surface area (Å²) < 4.78 is 6.70. The van der Waals surface area contributed by atoms with Gasteiger partial charge in [-0.15, -0.1) is 0 Å². The predicted octanol–water partition coefficient (Wildman–Crippen LogP) is 6.68. The van der Waals surface area contributed by atoms with Gasteiger partial charge in [-0.1, -0.05) is 36.4 Å². The summed E-state index contributed by atoms with van der Waals surface area (Å²) in [7, 11) is 0. The molecule has 1 amide bonds. The number of hydrogen-bond acceptors (Lipinski definition) is 7. The topological polar surface area (TPSA) is 88.8 Å². The van der Waals surface area contributed by atoms with Gasteiger partial charge in [0, 0.05) is 77.5 Å². The molecular weight excluding hydrogens is 540 g/mol. The predicted molar refractivity (Wildman–Crippen MR) is 170 cm³/mol. The number of carbonyl (C=O) groups excluding carboxylic acids is 1. The quantitative estimate of drug-likeness (QED) is 0.180. The van der Waals surface area contributed by atoms with Crippen LogP contribution in [0, 0.1) is 0 Å². The Kier molecular flexibility index (Phi) is 7.22. The lowest BCUT2D eigenvalue weighted by atomic mass is 9.75. The Morgan fingerprint density at radius 3 is 1.93 bits per heavy atom. The van der Waals surface area contributed by atoms with E-state index in [0.29, 0.717) is 22.6 Å². The molecule has 220 valence electrons. The van der Waals surface area contributed by atoms with Gasteiger partial charge in [-0.05, 0) is 58.0 Å². The second-order valence-electron chi connectivity index (χ2n) is 10.6. The molecule has 0 atom stereocenters. The third kappa shape index (κ3) is 4.28. The number of para-hydroxylation sites is 1. The fourth-order valence-corrected chi connectivity index (χ4v) is 6.42. The van der Waals surface area contributed by atoms with Crippen LogP contribution in [-0.2, 0) is 5.54 Å². The van der Waals surface area contributed by atoms with Crippen LogP contribution in [0.2, 0.25) is 0 Å². The van der Waals surface area contributed by atoms with Gasteiger partial charge in [0.25, 0.3) is 5.91 Å². The first-order valence-electron chi connectivity index (χ1n) is 14.8. The van der Waals surface area contributed by atoms with Gasteiger partial charge in [0.15, 0.2) is 11.5 Å². The Balaban J connectivity index is 1.65. The normalized spacial score (nSPS) is 14.4. The number of anilines is 2. The Morgan fingerprint density at radius 1 is 0.767 bits per heavy atom. The first kappa shape index (κ1) is 28.2. The van der Waals surface area contributed by atoms with Gasteiger partial charge in [-0.2, -0.15) is 5.10 Å². The SMILES string of the molecule is CCN(CC)c1ccc2c(c1)Oc1cc(N(CC)CC)ccc1C21c2ccccc2C(=O)N1/N=C/c1cccc(O)c1O. The third-order valence-corrected chi connectivity index (χ3v) is 8.60. The average Bonchev–Trinajstić information content (AvgIpc) is 3.27. The van der Waals surface area contributed by atoms with Gasteiger partial charge in [-0.25, -0.2) is 5.01 Å². The van der Waals surface area contributed by atoms with Gasteiger partial charge in [0.2, 0.25) is 0 Å². The van der Waals surface area contributed by atoms with E-state index < -0.39 is 5.54 Å². The number of carbonyl (C=O) groups is 1. The highest BCUT2D eigenvalue weighted by molar-refractivity contribution is 6.03. The molecule has 4 aromatic carbocycles. The first-order chi connectivity index (χ1) is 20.9. The number of phenolic OH excluding ortho intramolecular Hbond substituents is 2. The maximum absolute atomic E-state index is 14.2. The van der Waals surface area contributed by atoms with Gasteiger partial charge in [0.05, 0.1) is 6.21 Å². The van der Waals surface area contributed by atoms with E-state index in [1.807, 2.05) is 48.5 Å². The van der Waals surface area contributed by atoms with Crippen LogP contribution in [-0.4, -0.2) is 53.5 Å². The molecule has 2 heterocycles. The minimum absolute atomic E-state index is 0.260. The highest BCUT2D eigenvalue weighted by Gasteiger charge is 2.57. The highest BCUT2D eigenvalue weighted by atomic mass is 16.5. The third-order valence-electron chi connectivity index (χ3n) is 8.60. The highest BCUT2D eigenvalue weighted by Crippen LogP contribution is 2.58. The van der Waals surface area contributed by atoms with Crippen LogP contribution < -0.4 is 14.5 Å². The van der Waals surface area contributed by atoms with E-state index in [4.69, 9.17) is 9.84 Å². The monoisotopic (exact) mass is 576 g/mol. The molecule has 0 radical (unpaired) electrons. The lowest BCUT2D eigenvalue weighted by molar-refractivity contribution is 0.0675. The molecule has 2 aliphatic heterocycles. The summed E-state index contributed by atoms with van der Waals surface area (Å²) >= 11 is 0. The van der Waals surface area contributed by atoms with Crippen molar-refractivity contribution in [2.24, 2.45) is 5.10 Å². The number of hydrazone groups is 1. The lowest BCUT2D eigenvalue weighted by Gasteiger charge is -2.42. The number of amides is 1. The molecule has 0 saturated carbocycles. The maximum atomic E-state index is 14.2. The second-order valence-corrected chi connectivity index (χ2v) is 10.6. The standard InChI is InChI=1S/C35H36N4O4/c1-5-37(6-2)24-16-18-28-31(20-24)43-32-21-25(38(7-3)8-4)17-19-29(32)35(28)27-14-10-9-13-26(27)34(42)39(35)36-22-23-12-11-15-30(40)33(23)41/h9-22,40-41H,5-8H2,1-4H3/b36-22+. The van der Waals surface area contributed by atoms with Crippen molar-refractivity contribution in [2.45, 2.75) is 33.2 Å². The first-order valence-corrected chi connectivity index (χ1v) is 14.8. The smallest absolute Gasteiger partial charge is 0.275 e. The van der Waals surface area contributed by atoms with Crippen molar-refractivity contribution in [1.82, 2.24) is 5.01 Å². The van der Waals surface area contributed by atoms with E-state index in [2.05, 4.69) is 49.6 Å². The number of ether oxygens (including phenoxy) is 1. The van der Waals surface area contributed by atoms with Crippen LogP contribution in [0.25, 0.3) is 0 Å². The van der Waals surface area contributed by atoms with E-state index >= 15 is 0 Å². The van der Waals surface area contributed by atoms with Crippen LogP contribution in [0.4, 0.5) is 11.4 Å². The van der Waals surface area contributed by atoms with Gasteiger partial charge >= 0.3 is 0 Å². The summed E-state index contributed by atoms with van der Waals surface area (Å²) in [6.45, 7) is 11.9. The largest absolute Gasteiger partial charge is 0.504 e. The van der Waals surface area contributed by atoms with Crippen molar-refractivity contribution < 1.29 is 19.7 Å². The molecule has 2 N–H and O–H groups in total. The zero-order valence-electron chi connectivity index (χ0n) is 24.9. The second kappa shape index (κ2) is 11.0. The number of rotatable bonds is 8. The Morgan fingerprint density at radius 2 is 1.35 bits per heavy atom. The van der Waals surface area contributed by atoms with Crippen molar-refractivity contribution in [3.05, 3.63) is 107 Å². The maximum Gasteiger partial charge on any atom is 0.275 e. The summed E-state index contributed by atoms with van der Waals surface area (Å²) in [4.78, 5) is 18.8. The van der Waals surface area contributed by atoms with E-state index in [1.54, 1.807) is 12.1 Å². The number of benzene rings is 4. The molecule has 0 bridgehead atoms. The van der Waals surface area contributed by atoms with E-state index in [0.717, 1.165) is 54.2 Å². The van der Waals surface area contributed by atoms with Gasteiger partial charge in [0.1, 0.15) is 17.0 Å². The minimum Gasteiger partial charge on any atom is -0.504 e. The molecule has 43 heavy (non-hydrogen) atoms. The Bertz CT molecular complexity index is 1660. The van der Waals surface area contributed by atoms with Crippen LogP contribution in [0.3, 0.4) is 0 Å². The fraction of sp³-hybridized carbons (Fsp3) is 0.257. The summed E-state index contributed by atoms with van der Waals surface area (Å²) in [5, 5.41) is 26.9. The molecule has 8 nitrogen and oxygen atoms in total. The fourth-order valence-electron chi connectivity index (χ4n) is 6.42. The molecule has 6 rings (SSSR count).